The first-order valence-electron chi connectivity index (χ1n) is 2.91. The summed E-state index contributed by atoms with van der Waals surface area (Å²) < 4.78 is 30.1. The fourth-order valence-corrected chi connectivity index (χ4v) is 1.02. The van der Waals surface area contributed by atoms with Gasteiger partial charge in [0.2, 0.25) is 0 Å². The van der Waals surface area contributed by atoms with Crippen LogP contribution in [-0.2, 0) is 22.4 Å². The van der Waals surface area contributed by atoms with Gasteiger partial charge in [0.1, 0.15) is 12.4 Å². The molecule has 0 saturated heterocycles. The Morgan fingerprint density at radius 2 is 2.33 bits per heavy atom. The van der Waals surface area contributed by atoms with E-state index in [2.05, 4.69) is 0 Å². The van der Waals surface area contributed by atoms with Crippen LogP contribution in [0.3, 0.4) is 0 Å². The first-order chi connectivity index (χ1) is 5.24. The molecule has 1 rings (SSSR count). The molecule has 62 valence electrons. The number of hydrogen-bond acceptors (Lipinski definition) is 4. The summed E-state index contributed by atoms with van der Waals surface area (Å²) in [4.78, 5) is 0. The second-order valence-corrected chi connectivity index (χ2v) is 2.76. The van der Waals surface area contributed by atoms with Gasteiger partial charge in [-0.3, -0.25) is 4.21 Å². The van der Waals surface area contributed by atoms with Gasteiger partial charge in [-0.05, 0) is 12.1 Å². The Balaban J connectivity index is 0.00000121. The molecule has 1 aromatic rings. The minimum absolute atomic E-state index is 0. The first-order valence-corrected chi connectivity index (χ1v) is 3.98. The van der Waals surface area contributed by atoms with E-state index >= 15 is 0 Å². The Kier molecular flexibility index (Phi) is 6.08. The van der Waals surface area contributed by atoms with Crippen LogP contribution in [0.5, 0.6) is 0 Å². The van der Waals surface area contributed by atoms with Crippen LogP contribution in [0.2, 0.25) is 0 Å². The molecule has 0 amide bonds. The maximum Gasteiger partial charge on any atom is 1.00 e. The van der Waals surface area contributed by atoms with Crippen molar-refractivity contribution in [3.8, 4) is 0 Å². The van der Waals surface area contributed by atoms with Crippen LogP contribution in [0, 0.1) is 0 Å². The fraction of sp³-hybridized carbons (Fsp3) is 0.333. The van der Waals surface area contributed by atoms with Crippen LogP contribution >= 0.6 is 0 Å². The van der Waals surface area contributed by atoms with Crippen molar-refractivity contribution < 1.29 is 47.5 Å². The van der Waals surface area contributed by atoms with Crippen molar-refractivity contribution in [2.75, 3.05) is 7.11 Å². The molecule has 0 bridgehead atoms. The minimum Gasteiger partial charge on any atom is -0.766 e. The zero-order valence-corrected chi connectivity index (χ0v) is 9.72. The van der Waals surface area contributed by atoms with E-state index in [1.807, 2.05) is 0 Å². The van der Waals surface area contributed by atoms with Gasteiger partial charge in [0.25, 0.3) is 0 Å². The summed E-state index contributed by atoms with van der Waals surface area (Å²) in [5, 5.41) is -0.0583. The summed E-state index contributed by atoms with van der Waals surface area (Å²) in [7, 11) is 1.51. The van der Waals surface area contributed by atoms with Gasteiger partial charge in [0.15, 0.2) is 5.09 Å². The van der Waals surface area contributed by atoms with Gasteiger partial charge >= 0.3 is 29.6 Å². The van der Waals surface area contributed by atoms with E-state index in [-0.39, 0.29) is 41.3 Å². The maximum absolute atomic E-state index is 10.3. The minimum atomic E-state index is -2.28. The molecule has 0 aliphatic rings. The summed E-state index contributed by atoms with van der Waals surface area (Å²) in [6, 6.07) is 2.95. The van der Waals surface area contributed by atoms with Gasteiger partial charge in [-0.2, -0.15) is 0 Å². The normalized spacial score (nSPS) is 12.2. The summed E-state index contributed by atoms with van der Waals surface area (Å²) >= 11 is -2.28. The molecule has 0 saturated carbocycles. The van der Waals surface area contributed by atoms with E-state index in [0.29, 0.717) is 5.76 Å². The molecule has 1 unspecified atom stereocenters. The van der Waals surface area contributed by atoms with Crippen molar-refractivity contribution in [2.45, 2.75) is 11.7 Å². The Hall–Kier alpha value is 0.350. The third kappa shape index (κ3) is 3.38. The molecule has 4 nitrogen and oxygen atoms in total. The number of methoxy groups -OCH3 is 1. The van der Waals surface area contributed by atoms with Crippen LogP contribution in [0.1, 0.15) is 5.76 Å². The third-order valence-corrected chi connectivity index (χ3v) is 1.64. The van der Waals surface area contributed by atoms with E-state index in [4.69, 9.17) is 9.15 Å². The van der Waals surface area contributed by atoms with Gasteiger partial charge in [0.05, 0.1) is 0 Å². The predicted molar refractivity (Wildman–Crippen MR) is 36.6 cm³/mol. The summed E-state index contributed by atoms with van der Waals surface area (Å²) in [6.07, 6.45) is 0. The largest absolute Gasteiger partial charge is 1.00 e. The Morgan fingerprint density at radius 1 is 1.67 bits per heavy atom. The fourth-order valence-electron chi connectivity index (χ4n) is 0.668. The van der Waals surface area contributed by atoms with E-state index in [9.17, 15) is 8.76 Å². The van der Waals surface area contributed by atoms with Gasteiger partial charge in [-0.25, -0.2) is 0 Å². The third-order valence-electron chi connectivity index (χ3n) is 1.09. The molecule has 1 aromatic heterocycles. The van der Waals surface area contributed by atoms with Crippen LogP contribution in [0.25, 0.3) is 0 Å². The number of furan rings is 1. The van der Waals surface area contributed by atoms with Crippen molar-refractivity contribution in [3.05, 3.63) is 17.9 Å². The molecule has 6 heteroatoms. The molecule has 0 aliphatic carbocycles. The van der Waals surface area contributed by atoms with Crippen molar-refractivity contribution >= 4 is 11.1 Å². The molecule has 12 heavy (non-hydrogen) atoms. The summed E-state index contributed by atoms with van der Waals surface area (Å²) in [6.45, 7) is 0.289. The second-order valence-electron chi connectivity index (χ2n) is 1.89. The van der Waals surface area contributed by atoms with E-state index in [1.165, 1.54) is 13.2 Å². The molecule has 1 atom stereocenters. The molecule has 0 fully saturated rings. The van der Waals surface area contributed by atoms with Crippen molar-refractivity contribution in [1.29, 1.82) is 0 Å². The van der Waals surface area contributed by atoms with E-state index in [0.717, 1.165) is 0 Å². The van der Waals surface area contributed by atoms with Crippen LogP contribution < -0.4 is 29.6 Å². The summed E-state index contributed by atoms with van der Waals surface area (Å²) in [5.74, 6) is 0.506. The Morgan fingerprint density at radius 3 is 2.75 bits per heavy atom. The van der Waals surface area contributed by atoms with Gasteiger partial charge < -0.3 is 13.7 Å². The molecule has 1 heterocycles. The topological polar surface area (TPSA) is 62.5 Å². The number of rotatable bonds is 3. The summed E-state index contributed by atoms with van der Waals surface area (Å²) in [5.41, 5.74) is 0. The maximum atomic E-state index is 10.3. The van der Waals surface area contributed by atoms with Gasteiger partial charge in [-0.1, -0.05) is 0 Å². The van der Waals surface area contributed by atoms with Crippen molar-refractivity contribution in [1.82, 2.24) is 0 Å². The molecule has 0 N–H and O–H groups in total. The monoisotopic (exact) mass is 198 g/mol. The van der Waals surface area contributed by atoms with Crippen LogP contribution in [0.15, 0.2) is 21.6 Å². The molecular weight excluding hydrogens is 191 g/mol. The Labute approximate surface area is 94.9 Å². The van der Waals surface area contributed by atoms with Crippen LogP contribution in [0.4, 0.5) is 0 Å². The number of ether oxygens (including phenoxy) is 1. The van der Waals surface area contributed by atoms with Gasteiger partial charge in [-0.15, -0.1) is 0 Å². The first kappa shape index (κ1) is 12.3. The Bertz CT molecular complexity index is 260. The SMILES string of the molecule is COCc1ccc(S(=O)[O-])o1.[Na+]. The molecule has 0 aliphatic heterocycles. The van der Waals surface area contributed by atoms with Gasteiger partial charge in [0, 0.05) is 18.2 Å². The van der Waals surface area contributed by atoms with E-state index < -0.39 is 11.1 Å². The standard InChI is InChI=1S/C6H8O4S.Na/c1-9-4-5-2-3-6(10-5)11(7)8;/h2-3H,4H2,1H3,(H,7,8);/q;+1/p-1. The van der Waals surface area contributed by atoms with Crippen molar-refractivity contribution in [3.63, 3.8) is 0 Å². The molecule has 0 aromatic carbocycles. The second kappa shape index (κ2) is 5.90. The quantitative estimate of drug-likeness (QED) is 0.403. The molecule has 0 radical (unpaired) electrons. The van der Waals surface area contributed by atoms with E-state index in [1.54, 1.807) is 6.07 Å². The zero-order valence-electron chi connectivity index (χ0n) is 6.90. The number of hydrogen-bond donors (Lipinski definition) is 0. The molecule has 0 spiro atoms. The van der Waals surface area contributed by atoms with Crippen molar-refractivity contribution in [2.24, 2.45) is 0 Å². The smallest absolute Gasteiger partial charge is 0.766 e. The molecular formula is C6H7NaO4S. The average Bonchev–Trinajstić information content (AvgIpc) is 2.37. The predicted octanol–water partition coefficient (Wildman–Crippen LogP) is -2.33. The average molecular weight is 198 g/mol. The van der Waals surface area contributed by atoms with Crippen LogP contribution in [-0.4, -0.2) is 15.9 Å². The zero-order chi connectivity index (χ0) is 8.27.